The Hall–Kier alpha value is -8.09. The Morgan fingerprint density at radius 2 is 1.00 bits per heavy atom. The summed E-state index contributed by atoms with van der Waals surface area (Å²) in [5.41, 5.74) is 21.3. The zero-order valence-corrected chi connectivity index (χ0v) is 31.9. The van der Waals surface area contributed by atoms with Gasteiger partial charge < -0.3 is 5.73 Å². The molecule has 6 heteroatoms. The van der Waals surface area contributed by atoms with Crippen LogP contribution >= 0.6 is 0 Å². The van der Waals surface area contributed by atoms with Crippen molar-refractivity contribution in [3.8, 4) is 67.4 Å². The normalized spacial score (nSPS) is 12.3. The van der Waals surface area contributed by atoms with Gasteiger partial charge in [-0.3, -0.25) is 10.8 Å². The lowest BCUT2D eigenvalue weighted by Gasteiger charge is -2.24. The summed E-state index contributed by atoms with van der Waals surface area (Å²) in [5, 5.41) is 19.8. The Labute approximate surface area is 342 Å². The number of para-hydroxylation sites is 1. The van der Waals surface area contributed by atoms with E-state index >= 15 is 0 Å². The number of aromatic nitrogens is 3. The van der Waals surface area contributed by atoms with Crippen LogP contribution in [0.25, 0.3) is 90.0 Å². The lowest BCUT2D eigenvalue weighted by molar-refractivity contribution is 1.18. The quantitative estimate of drug-likeness (QED) is 0.141. The second-order valence-corrected chi connectivity index (χ2v) is 14.5. The van der Waals surface area contributed by atoms with Gasteiger partial charge in [-0.15, -0.1) is 0 Å². The third-order valence-electron chi connectivity index (χ3n) is 10.9. The smallest absolute Gasteiger partial charge is 0.160 e. The first-order valence-corrected chi connectivity index (χ1v) is 19.5. The monoisotopic (exact) mass is 756 g/mol. The van der Waals surface area contributed by atoms with E-state index in [2.05, 4.69) is 36.4 Å². The molecule has 10 rings (SSSR count). The van der Waals surface area contributed by atoms with E-state index < -0.39 is 0 Å². The number of nitrogen functional groups attached to an aromatic ring is 1. The Morgan fingerprint density at radius 3 is 1.69 bits per heavy atom. The van der Waals surface area contributed by atoms with Gasteiger partial charge in [0.2, 0.25) is 0 Å². The second-order valence-electron chi connectivity index (χ2n) is 14.5. The summed E-state index contributed by atoms with van der Waals surface area (Å²) >= 11 is 0. The molecule has 0 saturated heterocycles. The molecular weight excluding hydrogens is 721 g/mol. The minimum Gasteiger partial charge on any atom is -0.398 e. The Bertz CT molecular complexity index is 3060. The van der Waals surface area contributed by atoms with Gasteiger partial charge in [-0.05, 0) is 52.6 Å². The summed E-state index contributed by atoms with van der Waals surface area (Å²) in [7, 11) is 0. The van der Waals surface area contributed by atoms with Gasteiger partial charge in [-0.2, -0.15) is 0 Å². The van der Waals surface area contributed by atoms with Crippen molar-refractivity contribution in [2.75, 3.05) is 5.73 Å². The first-order valence-electron chi connectivity index (χ1n) is 19.5. The first-order chi connectivity index (χ1) is 29.0. The molecule has 0 saturated carbocycles. The van der Waals surface area contributed by atoms with Gasteiger partial charge in [0.15, 0.2) is 5.82 Å². The third kappa shape index (κ3) is 6.39. The molecule has 1 aliphatic carbocycles. The van der Waals surface area contributed by atoms with Gasteiger partial charge in [-0.1, -0.05) is 164 Å². The van der Waals surface area contributed by atoms with Crippen molar-refractivity contribution >= 4 is 39.7 Å². The van der Waals surface area contributed by atoms with Crippen molar-refractivity contribution in [3.05, 3.63) is 205 Å². The molecule has 0 fully saturated rings. The molecule has 0 unspecified atom stereocenters. The molecule has 278 valence electrons. The van der Waals surface area contributed by atoms with E-state index in [9.17, 15) is 10.8 Å². The van der Waals surface area contributed by atoms with Crippen molar-refractivity contribution in [2.24, 2.45) is 0 Å². The molecule has 0 amide bonds. The molecule has 4 N–H and O–H groups in total. The molecule has 0 spiro atoms. The van der Waals surface area contributed by atoms with Crippen LogP contribution in [0, 0.1) is 10.8 Å². The summed E-state index contributed by atoms with van der Waals surface area (Å²) in [5.74, 6) is 0.628. The standard InChI is InChI=1S/C53H36N6/c54-44-26-14-13-24-39(44)42-30-37(28-29-40(42)47-32-46(34-18-7-2-8-19-34)58-53(59-47)36-22-11-4-12-23-36)38-25-15-27-45-48(38)49-43(52(57-45)35-20-9-3-10-21-35)31-41(50(55)51(49)56)33-16-5-1-6-17-33/h1-32,55-56H,54H2. The SMILES string of the molecule is N=C1C(=N)c2c(c(-c3ccccc3)nc3cccc(-c4ccc(-c5cc(-c6ccccc6)nc(-c6ccccc6)n5)c(-c5ccccc5N)c4)c23)C=C1c1ccccc1. The van der Waals surface area contributed by atoms with E-state index in [0.717, 1.165) is 83.6 Å². The van der Waals surface area contributed by atoms with Crippen molar-refractivity contribution < 1.29 is 0 Å². The number of hydrogen-bond acceptors (Lipinski definition) is 6. The van der Waals surface area contributed by atoms with Gasteiger partial charge in [0, 0.05) is 55.6 Å². The number of anilines is 1. The van der Waals surface area contributed by atoms with Crippen LogP contribution in [0.3, 0.4) is 0 Å². The van der Waals surface area contributed by atoms with Crippen LogP contribution in [0.2, 0.25) is 0 Å². The molecule has 2 aromatic heterocycles. The molecule has 9 aromatic rings. The number of allylic oxidation sites excluding steroid dienone is 1. The maximum atomic E-state index is 9.67. The Balaban J connectivity index is 1.23. The lowest BCUT2D eigenvalue weighted by Crippen LogP contribution is -2.22. The first kappa shape index (κ1) is 35.3. The van der Waals surface area contributed by atoms with Gasteiger partial charge in [0.05, 0.1) is 34.0 Å². The van der Waals surface area contributed by atoms with E-state index in [1.54, 1.807) is 0 Å². The number of rotatable bonds is 7. The molecule has 0 atom stereocenters. The number of pyridine rings is 1. The number of fused-ring (bicyclic) bond motifs is 3. The fourth-order valence-corrected chi connectivity index (χ4v) is 8.07. The van der Waals surface area contributed by atoms with E-state index in [1.165, 1.54) is 0 Å². The lowest BCUT2D eigenvalue weighted by atomic mass is 9.80. The second kappa shape index (κ2) is 14.8. The zero-order chi connectivity index (χ0) is 39.9. The third-order valence-corrected chi connectivity index (χ3v) is 10.9. The minimum atomic E-state index is 0.158. The summed E-state index contributed by atoms with van der Waals surface area (Å²) in [6.07, 6.45) is 2.04. The van der Waals surface area contributed by atoms with Gasteiger partial charge in [-0.25, -0.2) is 15.0 Å². The highest BCUT2D eigenvalue weighted by atomic mass is 14.9. The van der Waals surface area contributed by atoms with Gasteiger partial charge in [0.1, 0.15) is 0 Å². The predicted octanol–water partition coefficient (Wildman–Crippen LogP) is 12.6. The predicted molar refractivity (Wildman–Crippen MR) is 243 cm³/mol. The van der Waals surface area contributed by atoms with Crippen LogP contribution in [-0.2, 0) is 0 Å². The average Bonchev–Trinajstić information content (AvgIpc) is 3.30. The molecule has 1 aliphatic rings. The summed E-state index contributed by atoms with van der Waals surface area (Å²) in [6.45, 7) is 0. The highest BCUT2D eigenvalue weighted by Crippen LogP contribution is 2.44. The van der Waals surface area contributed by atoms with Crippen LogP contribution in [-0.4, -0.2) is 26.4 Å². The van der Waals surface area contributed by atoms with Crippen LogP contribution in [0.15, 0.2) is 188 Å². The Morgan fingerprint density at radius 1 is 0.407 bits per heavy atom. The fourth-order valence-electron chi connectivity index (χ4n) is 8.07. The molecule has 2 heterocycles. The number of nitrogens with zero attached hydrogens (tertiary/aromatic N) is 3. The number of hydrogen-bond donors (Lipinski definition) is 3. The number of nitrogens with one attached hydrogen (secondary N) is 2. The molecule has 0 radical (unpaired) electrons. The van der Waals surface area contributed by atoms with Crippen LogP contribution < -0.4 is 5.73 Å². The molecule has 0 aliphatic heterocycles. The van der Waals surface area contributed by atoms with E-state index in [4.69, 9.17) is 20.7 Å². The van der Waals surface area contributed by atoms with E-state index in [1.807, 2.05) is 158 Å². The van der Waals surface area contributed by atoms with E-state index in [0.29, 0.717) is 22.6 Å². The highest BCUT2D eigenvalue weighted by molar-refractivity contribution is 6.64. The molecular formula is C53H36N6. The summed E-state index contributed by atoms with van der Waals surface area (Å²) in [4.78, 5) is 15.6. The molecule has 6 nitrogen and oxygen atoms in total. The van der Waals surface area contributed by atoms with Crippen molar-refractivity contribution in [1.82, 2.24) is 15.0 Å². The summed E-state index contributed by atoms with van der Waals surface area (Å²) < 4.78 is 0. The minimum absolute atomic E-state index is 0.158. The maximum Gasteiger partial charge on any atom is 0.160 e. The molecule has 59 heavy (non-hydrogen) atoms. The van der Waals surface area contributed by atoms with Gasteiger partial charge in [0.25, 0.3) is 0 Å². The average molecular weight is 757 g/mol. The van der Waals surface area contributed by atoms with Crippen LogP contribution in [0.4, 0.5) is 5.69 Å². The molecule has 0 bridgehead atoms. The van der Waals surface area contributed by atoms with Crippen molar-refractivity contribution in [1.29, 1.82) is 10.8 Å². The number of nitrogens with two attached hydrogens (primary N) is 1. The fraction of sp³-hybridized carbons (Fsp3) is 0. The highest BCUT2D eigenvalue weighted by Gasteiger charge is 2.29. The van der Waals surface area contributed by atoms with Crippen LogP contribution in [0.1, 0.15) is 16.7 Å². The molecule has 7 aromatic carbocycles. The van der Waals surface area contributed by atoms with E-state index in [-0.39, 0.29) is 11.4 Å². The Kier molecular flexibility index (Phi) is 8.84. The van der Waals surface area contributed by atoms with Crippen LogP contribution in [0.5, 0.6) is 0 Å². The largest absolute Gasteiger partial charge is 0.398 e. The number of benzene rings is 7. The zero-order valence-electron chi connectivity index (χ0n) is 31.9. The summed E-state index contributed by atoms with van der Waals surface area (Å²) in [6, 6.07) is 62.6. The topological polar surface area (TPSA) is 112 Å². The van der Waals surface area contributed by atoms with Crippen molar-refractivity contribution in [3.63, 3.8) is 0 Å². The van der Waals surface area contributed by atoms with Crippen molar-refractivity contribution in [2.45, 2.75) is 0 Å². The van der Waals surface area contributed by atoms with Gasteiger partial charge >= 0.3 is 0 Å². The maximum absolute atomic E-state index is 9.67.